The first-order valence-corrected chi connectivity index (χ1v) is 10.6. The number of para-hydroxylation sites is 1. The van der Waals surface area contributed by atoms with Crippen LogP contribution in [0.5, 0.6) is 0 Å². The van der Waals surface area contributed by atoms with Crippen LogP contribution in [0.3, 0.4) is 0 Å². The molecule has 0 aliphatic carbocycles. The second-order valence-electron chi connectivity index (χ2n) is 7.68. The van der Waals surface area contributed by atoms with Gasteiger partial charge in [0, 0.05) is 40.3 Å². The van der Waals surface area contributed by atoms with E-state index >= 15 is 0 Å². The number of amides is 1. The Bertz CT molecular complexity index is 1210. The van der Waals surface area contributed by atoms with Gasteiger partial charge in [0.1, 0.15) is 4.88 Å². The summed E-state index contributed by atoms with van der Waals surface area (Å²) in [5.41, 5.74) is 5.46. The van der Waals surface area contributed by atoms with Crippen molar-refractivity contribution < 1.29 is 4.79 Å². The third kappa shape index (κ3) is 3.76. The highest BCUT2D eigenvalue weighted by Crippen LogP contribution is 2.41. The number of thiophene rings is 1. The zero-order valence-corrected chi connectivity index (χ0v) is 18.1. The molecule has 0 spiro atoms. The lowest BCUT2D eigenvalue weighted by atomic mass is 9.98. The maximum atomic E-state index is 13.1. The summed E-state index contributed by atoms with van der Waals surface area (Å²) < 4.78 is 1.11. The van der Waals surface area contributed by atoms with E-state index in [0.29, 0.717) is 6.54 Å². The number of hydrogen-bond donors (Lipinski definition) is 1. The maximum Gasteiger partial charge on any atom is 0.262 e. The van der Waals surface area contributed by atoms with Crippen molar-refractivity contribution in [2.45, 2.75) is 13.8 Å². The summed E-state index contributed by atoms with van der Waals surface area (Å²) in [7, 11) is 4.01. The molecule has 1 N–H and O–H groups in total. The van der Waals surface area contributed by atoms with Gasteiger partial charge in [-0.15, -0.1) is 11.3 Å². The lowest BCUT2D eigenvalue weighted by molar-refractivity contribution is 0.0955. The largest absolute Gasteiger partial charge is 0.350 e. The monoisotopic (exact) mass is 403 g/mol. The number of aryl methyl sites for hydroxylation is 2. The highest BCUT2D eigenvalue weighted by Gasteiger charge is 2.21. The molecule has 4 rings (SSSR count). The Kier molecular flexibility index (Phi) is 5.35. The SMILES string of the molecule is Cc1ccc(-c2c(C(=O)NCCN(C)C)sc3c2cnc2ccccc23)cc1C. The van der Waals surface area contributed by atoms with Gasteiger partial charge in [0.05, 0.1) is 5.52 Å². The molecule has 0 saturated heterocycles. The summed E-state index contributed by atoms with van der Waals surface area (Å²) in [6, 6.07) is 14.5. The Morgan fingerprint density at radius 2 is 1.86 bits per heavy atom. The van der Waals surface area contributed by atoms with Crippen LogP contribution in [0.1, 0.15) is 20.8 Å². The fraction of sp³-hybridized carbons (Fsp3) is 0.250. The predicted octanol–water partition coefficient (Wildman–Crippen LogP) is 5.02. The van der Waals surface area contributed by atoms with E-state index in [4.69, 9.17) is 0 Å². The summed E-state index contributed by atoms with van der Waals surface area (Å²) in [4.78, 5) is 20.6. The normalized spacial score (nSPS) is 11.5. The lowest BCUT2D eigenvalue weighted by Gasteiger charge is -2.11. The second-order valence-corrected chi connectivity index (χ2v) is 8.70. The number of benzene rings is 2. The first kappa shape index (κ1) is 19.6. The van der Waals surface area contributed by atoms with Crippen molar-refractivity contribution in [2.24, 2.45) is 0 Å². The number of fused-ring (bicyclic) bond motifs is 3. The molecule has 0 atom stereocenters. The molecular formula is C24H25N3OS. The number of carbonyl (C=O) groups is 1. The molecule has 0 aliphatic rings. The number of carbonyl (C=O) groups excluding carboxylic acids is 1. The Hall–Kier alpha value is -2.76. The standard InChI is InChI=1S/C24H25N3OS/c1-15-9-10-17(13-16(15)2)21-19-14-26-20-8-6-5-7-18(20)22(19)29-23(21)24(28)25-11-12-27(3)4/h5-10,13-14H,11-12H2,1-4H3,(H,25,28). The Labute approximate surface area is 175 Å². The summed E-state index contributed by atoms with van der Waals surface area (Å²) in [5, 5.41) is 5.21. The maximum absolute atomic E-state index is 13.1. The number of aromatic nitrogens is 1. The van der Waals surface area contributed by atoms with E-state index in [0.717, 1.165) is 43.5 Å². The van der Waals surface area contributed by atoms with Crippen LogP contribution in [0.15, 0.2) is 48.7 Å². The van der Waals surface area contributed by atoms with E-state index in [1.807, 2.05) is 38.5 Å². The molecule has 5 heteroatoms. The molecule has 0 aliphatic heterocycles. The van der Waals surface area contributed by atoms with E-state index in [-0.39, 0.29) is 5.91 Å². The van der Waals surface area contributed by atoms with Gasteiger partial charge in [-0.3, -0.25) is 9.78 Å². The number of nitrogens with one attached hydrogen (secondary N) is 1. The number of pyridine rings is 1. The van der Waals surface area contributed by atoms with Gasteiger partial charge in [-0.2, -0.15) is 0 Å². The van der Waals surface area contributed by atoms with E-state index < -0.39 is 0 Å². The van der Waals surface area contributed by atoms with Crippen LogP contribution in [0.25, 0.3) is 32.1 Å². The minimum absolute atomic E-state index is 0.0228. The predicted molar refractivity (Wildman–Crippen MR) is 123 cm³/mol. The molecule has 148 valence electrons. The number of likely N-dealkylation sites (N-methyl/N-ethyl adjacent to an activating group) is 1. The van der Waals surface area contributed by atoms with Crippen molar-refractivity contribution in [2.75, 3.05) is 27.2 Å². The molecule has 4 aromatic rings. The fourth-order valence-corrected chi connectivity index (χ4v) is 4.74. The topological polar surface area (TPSA) is 45.2 Å². The van der Waals surface area contributed by atoms with Gasteiger partial charge < -0.3 is 10.2 Å². The van der Waals surface area contributed by atoms with Gasteiger partial charge in [0.25, 0.3) is 5.91 Å². The summed E-state index contributed by atoms with van der Waals surface area (Å²) >= 11 is 1.56. The Morgan fingerprint density at radius 1 is 1.07 bits per heavy atom. The molecule has 2 aromatic carbocycles. The van der Waals surface area contributed by atoms with Crippen LogP contribution >= 0.6 is 11.3 Å². The van der Waals surface area contributed by atoms with Crippen LogP contribution in [0.2, 0.25) is 0 Å². The molecule has 2 aromatic heterocycles. The van der Waals surface area contributed by atoms with Crippen molar-refractivity contribution >= 4 is 38.2 Å². The molecule has 0 bridgehead atoms. The zero-order valence-electron chi connectivity index (χ0n) is 17.2. The van der Waals surface area contributed by atoms with Crippen molar-refractivity contribution in [1.29, 1.82) is 0 Å². The summed E-state index contributed by atoms with van der Waals surface area (Å²) in [6.07, 6.45) is 1.91. The van der Waals surface area contributed by atoms with Crippen LogP contribution in [0.4, 0.5) is 0 Å². The van der Waals surface area contributed by atoms with E-state index in [1.54, 1.807) is 11.3 Å². The second kappa shape index (κ2) is 7.93. The average Bonchev–Trinajstić information content (AvgIpc) is 3.10. The molecule has 1 amide bonds. The summed E-state index contributed by atoms with van der Waals surface area (Å²) in [5.74, 6) is -0.0228. The molecule has 29 heavy (non-hydrogen) atoms. The van der Waals surface area contributed by atoms with Crippen LogP contribution in [0, 0.1) is 13.8 Å². The van der Waals surface area contributed by atoms with Crippen molar-refractivity contribution in [3.8, 4) is 11.1 Å². The first-order chi connectivity index (χ1) is 14.0. The molecule has 0 radical (unpaired) electrons. The first-order valence-electron chi connectivity index (χ1n) is 9.76. The zero-order chi connectivity index (χ0) is 20.5. The quantitative estimate of drug-likeness (QED) is 0.509. The smallest absolute Gasteiger partial charge is 0.262 e. The minimum atomic E-state index is -0.0228. The van der Waals surface area contributed by atoms with Gasteiger partial charge >= 0.3 is 0 Å². The molecule has 0 unspecified atom stereocenters. The third-order valence-corrected chi connectivity index (χ3v) is 6.51. The fourth-order valence-electron chi connectivity index (χ4n) is 3.50. The van der Waals surface area contributed by atoms with Crippen LogP contribution in [-0.2, 0) is 0 Å². The molecular weight excluding hydrogens is 378 g/mol. The van der Waals surface area contributed by atoms with Gasteiger partial charge in [-0.05, 0) is 50.7 Å². The Morgan fingerprint density at radius 3 is 2.62 bits per heavy atom. The van der Waals surface area contributed by atoms with E-state index in [1.165, 1.54) is 11.1 Å². The lowest BCUT2D eigenvalue weighted by Crippen LogP contribution is -2.31. The number of rotatable bonds is 5. The van der Waals surface area contributed by atoms with Gasteiger partial charge in [0.2, 0.25) is 0 Å². The highest BCUT2D eigenvalue weighted by molar-refractivity contribution is 7.22. The average molecular weight is 404 g/mol. The highest BCUT2D eigenvalue weighted by atomic mass is 32.1. The van der Waals surface area contributed by atoms with E-state index in [9.17, 15) is 4.79 Å². The van der Waals surface area contributed by atoms with Crippen molar-refractivity contribution in [3.05, 3.63) is 64.7 Å². The third-order valence-electron chi connectivity index (χ3n) is 5.27. The van der Waals surface area contributed by atoms with E-state index in [2.05, 4.69) is 53.3 Å². The number of nitrogens with zero attached hydrogens (tertiary/aromatic N) is 2. The van der Waals surface area contributed by atoms with Gasteiger partial charge in [0.15, 0.2) is 0 Å². The van der Waals surface area contributed by atoms with Gasteiger partial charge in [-0.25, -0.2) is 0 Å². The molecule has 2 heterocycles. The molecule has 0 fully saturated rings. The van der Waals surface area contributed by atoms with Crippen molar-refractivity contribution in [3.63, 3.8) is 0 Å². The van der Waals surface area contributed by atoms with Crippen LogP contribution in [-0.4, -0.2) is 43.0 Å². The van der Waals surface area contributed by atoms with Gasteiger partial charge in [-0.1, -0.05) is 36.4 Å². The van der Waals surface area contributed by atoms with Crippen molar-refractivity contribution in [1.82, 2.24) is 15.2 Å². The summed E-state index contributed by atoms with van der Waals surface area (Å²) in [6.45, 7) is 5.64. The number of hydrogen-bond acceptors (Lipinski definition) is 4. The Balaban J connectivity index is 1.91. The molecule has 0 saturated carbocycles. The molecule has 4 nitrogen and oxygen atoms in total. The minimum Gasteiger partial charge on any atom is -0.350 e. The van der Waals surface area contributed by atoms with Crippen LogP contribution < -0.4 is 5.32 Å².